The summed E-state index contributed by atoms with van der Waals surface area (Å²) in [6.07, 6.45) is 8.21. The first kappa shape index (κ1) is 15.3. The number of nitrogens with zero attached hydrogens (tertiary/aromatic N) is 1. The standard InChI is InChI=1S/C17H25N3O2/c18-16(21)20-15-11-7-6-8-13(15)12-22-17(20)19-14-9-4-2-1-3-5-10-14/h6-8,11,14,17,19H,1-5,9-10,12H2,(H2,18,21). The van der Waals surface area contributed by atoms with E-state index in [2.05, 4.69) is 5.32 Å². The lowest BCUT2D eigenvalue weighted by atomic mass is 9.97. The molecule has 0 saturated heterocycles. The highest BCUT2D eigenvalue weighted by Gasteiger charge is 2.31. The maximum absolute atomic E-state index is 11.9. The first-order valence-electron chi connectivity index (χ1n) is 8.30. The molecule has 5 heteroatoms. The Morgan fingerprint density at radius 2 is 1.82 bits per heavy atom. The quantitative estimate of drug-likeness (QED) is 0.882. The molecule has 1 aromatic rings. The molecule has 3 N–H and O–H groups in total. The van der Waals surface area contributed by atoms with Crippen molar-refractivity contribution >= 4 is 11.7 Å². The molecule has 0 bridgehead atoms. The monoisotopic (exact) mass is 303 g/mol. The number of ether oxygens (including phenoxy) is 1. The van der Waals surface area contributed by atoms with Crippen molar-refractivity contribution in [2.45, 2.75) is 63.9 Å². The average molecular weight is 303 g/mol. The Morgan fingerprint density at radius 3 is 2.55 bits per heavy atom. The van der Waals surface area contributed by atoms with Gasteiger partial charge in [0.05, 0.1) is 12.3 Å². The van der Waals surface area contributed by atoms with E-state index in [9.17, 15) is 4.79 Å². The van der Waals surface area contributed by atoms with Gasteiger partial charge in [0, 0.05) is 11.6 Å². The highest BCUT2D eigenvalue weighted by molar-refractivity contribution is 5.92. The lowest BCUT2D eigenvalue weighted by Gasteiger charge is -2.38. The van der Waals surface area contributed by atoms with E-state index in [1.807, 2.05) is 24.3 Å². The van der Waals surface area contributed by atoms with Crippen LogP contribution in [0.2, 0.25) is 0 Å². The van der Waals surface area contributed by atoms with Crippen LogP contribution in [0.4, 0.5) is 10.5 Å². The number of nitrogens with one attached hydrogen (secondary N) is 1. The number of carbonyl (C=O) groups is 1. The highest BCUT2D eigenvalue weighted by Crippen LogP contribution is 2.29. The maximum atomic E-state index is 11.9. The molecule has 120 valence electrons. The molecule has 1 aliphatic heterocycles. The minimum absolute atomic E-state index is 0.386. The van der Waals surface area contributed by atoms with Crippen LogP contribution in [0, 0.1) is 0 Å². The Bertz CT molecular complexity index is 512. The van der Waals surface area contributed by atoms with Gasteiger partial charge >= 0.3 is 6.03 Å². The van der Waals surface area contributed by atoms with Gasteiger partial charge in [-0.3, -0.25) is 10.2 Å². The van der Waals surface area contributed by atoms with Crippen molar-refractivity contribution in [3.8, 4) is 0 Å². The average Bonchev–Trinajstić information content (AvgIpc) is 2.49. The zero-order valence-electron chi connectivity index (χ0n) is 13.0. The van der Waals surface area contributed by atoms with Crippen molar-refractivity contribution in [3.05, 3.63) is 29.8 Å². The number of benzene rings is 1. The van der Waals surface area contributed by atoms with Gasteiger partial charge in [-0.05, 0) is 18.9 Å². The van der Waals surface area contributed by atoms with Gasteiger partial charge in [0.15, 0.2) is 6.35 Å². The third-order valence-electron chi connectivity index (χ3n) is 4.60. The number of nitrogens with two attached hydrogens (primary N) is 1. The summed E-state index contributed by atoms with van der Waals surface area (Å²) in [5, 5.41) is 3.50. The number of carbonyl (C=O) groups excluding carboxylic acids is 1. The summed E-state index contributed by atoms with van der Waals surface area (Å²) in [5.41, 5.74) is 7.45. The van der Waals surface area contributed by atoms with Crippen molar-refractivity contribution in [1.29, 1.82) is 0 Å². The number of amides is 2. The molecule has 1 unspecified atom stereocenters. The Balaban J connectivity index is 1.74. The van der Waals surface area contributed by atoms with E-state index >= 15 is 0 Å². The topological polar surface area (TPSA) is 67.6 Å². The number of urea groups is 1. The summed E-state index contributed by atoms with van der Waals surface area (Å²) in [6.45, 7) is 0.504. The first-order chi connectivity index (χ1) is 10.8. The third kappa shape index (κ3) is 3.42. The summed E-state index contributed by atoms with van der Waals surface area (Å²) in [7, 11) is 0. The molecule has 1 heterocycles. The van der Waals surface area contributed by atoms with Gasteiger partial charge in [-0.2, -0.15) is 0 Å². The molecule has 1 atom stereocenters. The molecule has 0 aromatic heterocycles. The van der Waals surface area contributed by atoms with Gasteiger partial charge in [-0.15, -0.1) is 0 Å². The van der Waals surface area contributed by atoms with E-state index < -0.39 is 12.4 Å². The Kier molecular flexibility index (Phi) is 4.95. The lowest BCUT2D eigenvalue weighted by molar-refractivity contribution is 0.00224. The molecule has 2 aliphatic rings. The second-order valence-electron chi connectivity index (χ2n) is 6.21. The number of para-hydroxylation sites is 1. The Hall–Kier alpha value is -1.59. The van der Waals surface area contributed by atoms with Gasteiger partial charge in [-0.25, -0.2) is 4.79 Å². The molecule has 1 saturated carbocycles. The molecular formula is C17H25N3O2. The van der Waals surface area contributed by atoms with E-state index in [0.29, 0.717) is 12.6 Å². The van der Waals surface area contributed by atoms with Crippen LogP contribution in [-0.2, 0) is 11.3 Å². The molecule has 1 fully saturated rings. The second-order valence-corrected chi connectivity index (χ2v) is 6.21. The van der Waals surface area contributed by atoms with Crippen molar-refractivity contribution in [1.82, 2.24) is 5.32 Å². The van der Waals surface area contributed by atoms with Crippen LogP contribution in [0.15, 0.2) is 24.3 Å². The van der Waals surface area contributed by atoms with E-state index in [1.54, 1.807) is 0 Å². The van der Waals surface area contributed by atoms with Gasteiger partial charge in [0.1, 0.15) is 0 Å². The molecule has 5 nitrogen and oxygen atoms in total. The molecule has 1 aromatic carbocycles. The van der Waals surface area contributed by atoms with E-state index in [4.69, 9.17) is 10.5 Å². The summed E-state index contributed by atoms with van der Waals surface area (Å²) in [4.78, 5) is 13.5. The third-order valence-corrected chi connectivity index (χ3v) is 4.60. The maximum Gasteiger partial charge on any atom is 0.322 e. The van der Waals surface area contributed by atoms with Crippen molar-refractivity contribution < 1.29 is 9.53 Å². The lowest BCUT2D eigenvalue weighted by Crippen LogP contribution is -2.57. The minimum Gasteiger partial charge on any atom is -0.351 e. The number of hydrogen-bond donors (Lipinski definition) is 2. The molecule has 0 radical (unpaired) electrons. The Labute approximate surface area is 131 Å². The van der Waals surface area contributed by atoms with Crippen LogP contribution in [0.1, 0.15) is 50.5 Å². The fourth-order valence-electron chi connectivity index (χ4n) is 3.42. The highest BCUT2D eigenvalue weighted by atomic mass is 16.5. The fourth-order valence-corrected chi connectivity index (χ4v) is 3.42. The summed E-state index contributed by atoms with van der Waals surface area (Å²) < 4.78 is 5.87. The number of anilines is 1. The predicted molar refractivity (Wildman–Crippen MR) is 86.3 cm³/mol. The van der Waals surface area contributed by atoms with Crippen molar-refractivity contribution in [2.75, 3.05) is 4.90 Å². The van der Waals surface area contributed by atoms with E-state index in [0.717, 1.165) is 24.1 Å². The second kappa shape index (κ2) is 7.11. The summed E-state index contributed by atoms with van der Waals surface area (Å²) >= 11 is 0. The number of primary amides is 1. The van der Waals surface area contributed by atoms with Crippen LogP contribution in [0.3, 0.4) is 0 Å². The zero-order valence-corrected chi connectivity index (χ0v) is 13.0. The predicted octanol–water partition coefficient (Wildman–Crippen LogP) is 3.09. The molecule has 2 amide bonds. The zero-order chi connectivity index (χ0) is 15.4. The number of fused-ring (bicyclic) bond motifs is 1. The SMILES string of the molecule is NC(=O)N1c2ccccc2COC1NC1CCCCCCC1. The molecule has 3 rings (SSSR count). The number of rotatable bonds is 2. The molecule has 0 spiro atoms. The molecular weight excluding hydrogens is 278 g/mol. The largest absolute Gasteiger partial charge is 0.351 e. The van der Waals surface area contributed by atoms with Gasteiger partial charge < -0.3 is 10.5 Å². The molecule has 1 aliphatic carbocycles. The van der Waals surface area contributed by atoms with Gasteiger partial charge in [0.2, 0.25) is 0 Å². The van der Waals surface area contributed by atoms with Crippen LogP contribution in [0.25, 0.3) is 0 Å². The first-order valence-corrected chi connectivity index (χ1v) is 8.30. The van der Waals surface area contributed by atoms with Crippen LogP contribution < -0.4 is 16.0 Å². The van der Waals surface area contributed by atoms with E-state index in [-0.39, 0.29) is 0 Å². The normalized spacial score (nSPS) is 23.5. The molecule has 22 heavy (non-hydrogen) atoms. The Morgan fingerprint density at radius 1 is 1.14 bits per heavy atom. The fraction of sp³-hybridized carbons (Fsp3) is 0.588. The van der Waals surface area contributed by atoms with Crippen molar-refractivity contribution in [3.63, 3.8) is 0 Å². The van der Waals surface area contributed by atoms with Crippen molar-refractivity contribution in [2.24, 2.45) is 5.73 Å². The summed E-state index contributed by atoms with van der Waals surface area (Å²) in [5.74, 6) is 0. The van der Waals surface area contributed by atoms with Crippen LogP contribution in [0.5, 0.6) is 0 Å². The summed E-state index contributed by atoms with van der Waals surface area (Å²) in [6, 6.07) is 7.68. The van der Waals surface area contributed by atoms with Crippen LogP contribution in [-0.4, -0.2) is 18.4 Å². The minimum atomic E-state index is -0.476. The van der Waals surface area contributed by atoms with Gasteiger partial charge in [0.25, 0.3) is 0 Å². The number of hydrogen-bond acceptors (Lipinski definition) is 3. The smallest absolute Gasteiger partial charge is 0.322 e. The van der Waals surface area contributed by atoms with Crippen LogP contribution >= 0.6 is 0 Å². The van der Waals surface area contributed by atoms with E-state index in [1.165, 1.54) is 37.0 Å². The van der Waals surface area contributed by atoms with Gasteiger partial charge in [-0.1, -0.05) is 50.3 Å².